The Hall–Kier alpha value is -2.70. The number of methoxy groups -OCH3 is 1. The minimum Gasteiger partial charge on any atom is -0.468 e. The Balaban J connectivity index is 2.48. The number of nitrogens with zero attached hydrogens (tertiary/aromatic N) is 1. The maximum atomic E-state index is 12.4. The van der Waals surface area contributed by atoms with Gasteiger partial charge in [0.1, 0.15) is 5.41 Å². The normalized spacial score (nSPS) is 19.8. The smallest absolute Gasteiger partial charge is 0.333 e. The van der Waals surface area contributed by atoms with Crippen molar-refractivity contribution >= 4 is 17.6 Å². The molecule has 0 saturated carbocycles. The highest BCUT2D eigenvalue weighted by molar-refractivity contribution is 5.94. The summed E-state index contributed by atoms with van der Waals surface area (Å²) in [6, 6.07) is 6.01. The molecule has 0 spiro atoms. The molecule has 122 valence electrons. The van der Waals surface area contributed by atoms with Gasteiger partial charge in [-0.2, -0.15) is 0 Å². The molecule has 1 aromatic rings. The van der Waals surface area contributed by atoms with Crippen LogP contribution in [0.15, 0.2) is 35.9 Å². The molecular weight excluding hydrogens is 302 g/mol. The number of hydrogen-bond donors (Lipinski definition) is 0. The van der Waals surface area contributed by atoms with E-state index in [1.807, 2.05) is 0 Å². The Labute approximate surface area is 133 Å². The van der Waals surface area contributed by atoms with Crippen LogP contribution in [0.1, 0.15) is 25.3 Å². The quantitative estimate of drug-likeness (QED) is 0.469. The van der Waals surface area contributed by atoms with Gasteiger partial charge in [-0.05, 0) is 19.8 Å². The van der Waals surface area contributed by atoms with E-state index < -0.39 is 22.3 Å². The number of allylic oxidation sites excluding steroid dienone is 1. The van der Waals surface area contributed by atoms with Gasteiger partial charge < -0.3 is 9.47 Å². The van der Waals surface area contributed by atoms with Gasteiger partial charge in [0.15, 0.2) is 0 Å². The molecule has 1 aromatic carbocycles. The van der Waals surface area contributed by atoms with Crippen molar-refractivity contribution in [3.8, 4) is 0 Å². The minimum absolute atomic E-state index is 0.0172. The Morgan fingerprint density at radius 1 is 1.35 bits per heavy atom. The molecule has 2 rings (SSSR count). The van der Waals surface area contributed by atoms with Crippen molar-refractivity contribution in [2.75, 3.05) is 13.7 Å². The molecule has 1 atom stereocenters. The largest absolute Gasteiger partial charge is 0.468 e. The van der Waals surface area contributed by atoms with Crippen LogP contribution in [0.5, 0.6) is 0 Å². The Bertz CT molecular complexity index is 681. The maximum absolute atomic E-state index is 12.4. The lowest BCUT2D eigenvalue weighted by molar-refractivity contribution is -0.386. The first-order valence-corrected chi connectivity index (χ1v) is 7.14. The molecule has 0 aliphatic heterocycles. The zero-order valence-corrected chi connectivity index (χ0v) is 12.9. The third-order valence-electron chi connectivity index (χ3n) is 3.92. The van der Waals surface area contributed by atoms with Gasteiger partial charge in [0.2, 0.25) is 0 Å². The number of carbonyl (C=O) groups excluding carboxylic acids is 2. The maximum Gasteiger partial charge on any atom is 0.333 e. The van der Waals surface area contributed by atoms with Crippen LogP contribution in [0.2, 0.25) is 0 Å². The molecule has 0 N–H and O–H groups in total. The molecule has 23 heavy (non-hydrogen) atoms. The summed E-state index contributed by atoms with van der Waals surface area (Å²) in [5.74, 6) is -1.13. The van der Waals surface area contributed by atoms with Crippen molar-refractivity contribution in [1.82, 2.24) is 0 Å². The van der Waals surface area contributed by atoms with Gasteiger partial charge in [0, 0.05) is 17.2 Å². The SMILES string of the molecule is CCOC(=O)C1=CC[C@@](C(=O)OC)(c2ccccc2[N+](=O)[O-])C1. The lowest BCUT2D eigenvalue weighted by Gasteiger charge is -2.26. The summed E-state index contributed by atoms with van der Waals surface area (Å²) in [6.45, 7) is 1.90. The van der Waals surface area contributed by atoms with Crippen molar-refractivity contribution < 1.29 is 24.0 Å². The molecule has 0 heterocycles. The minimum atomic E-state index is -1.28. The predicted molar refractivity (Wildman–Crippen MR) is 80.7 cm³/mol. The molecule has 1 aliphatic rings. The zero-order chi connectivity index (χ0) is 17.0. The van der Waals surface area contributed by atoms with Crippen LogP contribution in [0, 0.1) is 10.1 Å². The molecule has 1 aliphatic carbocycles. The standard InChI is InChI=1S/C16H17NO6/c1-3-23-14(18)11-8-9-16(10-11,15(19)22-2)12-6-4-5-7-13(12)17(20)21/h4-8H,3,9-10H2,1-2H3/t16-/m0/s1. The fourth-order valence-corrected chi connectivity index (χ4v) is 2.85. The summed E-state index contributed by atoms with van der Waals surface area (Å²) in [4.78, 5) is 35.1. The third kappa shape index (κ3) is 2.94. The van der Waals surface area contributed by atoms with Crippen LogP contribution in [-0.2, 0) is 24.5 Å². The molecule has 0 aromatic heterocycles. The second-order valence-corrected chi connectivity index (χ2v) is 5.18. The zero-order valence-electron chi connectivity index (χ0n) is 12.9. The van der Waals surface area contributed by atoms with E-state index in [0.717, 1.165) is 0 Å². The van der Waals surface area contributed by atoms with E-state index in [4.69, 9.17) is 9.47 Å². The summed E-state index contributed by atoms with van der Waals surface area (Å²) in [7, 11) is 1.22. The number of benzene rings is 1. The second kappa shape index (κ2) is 6.60. The number of nitro groups is 1. The van der Waals surface area contributed by atoms with Gasteiger partial charge in [-0.25, -0.2) is 4.79 Å². The van der Waals surface area contributed by atoms with Crippen molar-refractivity contribution in [2.45, 2.75) is 25.2 Å². The topological polar surface area (TPSA) is 95.7 Å². The summed E-state index contributed by atoms with van der Waals surface area (Å²) < 4.78 is 9.82. The van der Waals surface area contributed by atoms with Gasteiger partial charge in [0.05, 0.1) is 18.6 Å². The van der Waals surface area contributed by atoms with E-state index in [0.29, 0.717) is 5.57 Å². The van der Waals surface area contributed by atoms with E-state index in [1.165, 1.54) is 25.3 Å². The van der Waals surface area contributed by atoms with E-state index >= 15 is 0 Å². The van der Waals surface area contributed by atoms with Gasteiger partial charge >= 0.3 is 11.9 Å². The van der Waals surface area contributed by atoms with Crippen molar-refractivity contribution in [2.24, 2.45) is 0 Å². The monoisotopic (exact) mass is 319 g/mol. The fraction of sp³-hybridized carbons (Fsp3) is 0.375. The number of para-hydroxylation sites is 1. The molecule has 0 unspecified atom stereocenters. The van der Waals surface area contributed by atoms with E-state index in [9.17, 15) is 19.7 Å². The van der Waals surface area contributed by atoms with Crippen LogP contribution in [-0.4, -0.2) is 30.6 Å². The fourth-order valence-electron chi connectivity index (χ4n) is 2.85. The molecule has 0 saturated heterocycles. The Kier molecular flexibility index (Phi) is 4.78. The van der Waals surface area contributed by atoms with Crippen molar-refractivity contribution in [3.63, 3.8) is 0 Å². The van der Waals surface area contributed by atoms with Crippen LogP contribution in [0.3, 0.4) is 0 Å². The summed E-state index contributed by atoms with van der Waals surface area (Å²) in [6.07, 6.45) is 1.76. The summed E-state index contributed by atoms with van der Waals surface area (Å²) in [5, 5.41) is 11.3. The third-order valence-corrected chi connectivity index (χ3v) is 3.92. The lowest BCUT2D eigenvalue weighted by Crippen LogP contribution is -2.36. The predicted octanol–water partition coefficient (Wildman–Crippen LogP) is 2.29. The Morgan fingerprint density at radius 3 is 2.65 bits per heavy atom. The number of ether oxygens (including phenoxy) is 2. The van der Waals surface area contributed by atoms with E-state index in [-0.39, 0.29) is 30.7 Å². The van der Waals surface area contributed by atoms with Crippen LogP contribution >= 0.6 is 0 Å². The molecule has 7 nitrogen and oxygen atoms in total. The molecular formula is C16H17NO6. The van der Waals surface area contributed by atoms with E-state index in [2.05, 4.69) is 0 Å². The highest BCUT2D eigenvalue weighted by Crippen LogP contribution is 2.45. The average molecular weight is 319 g/mol. The van der Waals surface area contributed by atoms with Crippen LogP contribution in [0.25, 0.3) is 0 Å². The average Bonchev–Trinajstić information content (AvgIpc) is 3.01. The second-order valence-electron chi connectivity index (χ2n) is 5.18. The van der Waals surface area contributed by atoms with Gasteiger partial charge in [-0.15, -0.1) is 0 Å². The lowest BCUT2D eigenvalue weighted by atomic mass is 9.76. The van der Waals surface area contributed by atoms with Gasteiger partial charge in [-0.3, -0.25) is 14.9 Å². The molecule has 0 radical (unpaired) electrons. The molecule has 0 fully saturated rings. The van der Waals surface area contributed by atoms with Crippen LogP contribution < -0.4 is 0 Å². The highest BCUT2D eigenvalue weighted by atomic mass is 16.6. The number of carbonyl (C=O) groups is 2. The highest BCUT2D eigenvalue weighted by Gasteiger charge is 2.49. The number of nitro benzene ring substituents is 1. The van der Waals surface area contributed by atoms with Crippen molar-refractivity contribution in [3.05, 3.63) is 51.6 Å². The van der Waals surface area contributed by atoms with Gasteiger partial charge in [0.25, 0.3) is 5.69 Å². The molecule has 7 heteroatoms. The first-order valence-electron chi connectivity index (χ1n) is 7.14. The molecule has 0 bridgehead atoms. The van der Waals surface area contributed by atoms with Crippen molar-refractivity contribution in [1.29, 1.82) is 0 Å². The number of esters is 2. The Morgan fingerprint density at radius 2 is 2.04 bits per heavy atom. The number of hydrogen-bond acceptors (Lipinski definition) is 6. The van der Waals surface area contributed by atoms with Crippen LogP contribution in [0.4, 0.5) is 5.69 Å². The first kappa shape index (κ1) is 16.7. The first-order chi connectivity index (χ1) is 11.0. The number of rotatable bonds is 5. The van der Waals surface area contributed by atoms with E-state index in [1.54, 1.807) is 19.1 Å². The van der Waals surface area contributed by atoms with Gasteiger partial charge in [-0.1, -0.05) is 24.3 Å². The molecule has 0 amide bonds. The summed E-state index contributed by atoms with van der Waals surface area (Å²) >= 11 is 0. The summed E-state index contributed by atoms with van der Waals surface area (Å²) in [5.41, 5.74) is -0.875.